The number of hydrogen-bond donors (Lipinski definition) is 1. The molecule has 0 aromatic heterocycles. The zero-order valence-corrected chi connectivity index (χ0v) is 11.1. The quantitative estimate of drug-likeness (QED) is 0.862. The van der Waals surface area contributed by atoms with Gasteiger partial charge in [-0.05, 0) is 47.8 Å². The van der Waals surface area contributed by atoms with Crippen molar-refractivity contribution in [2.75, 3.05) is 13.1 Å². The smallest absolute Gasteiger partial charge is 0.143 e. The van der Waals surface area contributed by atoms with Gasteiger partial charge in [0.1, 0.15) is 11.4 Å². The third-order valence-corrected chi connectivity index (χ3v) is 4.73. The van der Waals surface area contributed by atoms with E-state index in [1.54, 1.807) is 18.2 Å². The Hall–Kier alpha value is -0.450. The highest BCUT2D eigenvalue weighted by Gasteiger charge is 2.50. The summed E-state index contributed by atoms with van der Waals surface area (Å²) in [4.78, 5) is 2.28. The number of fused-ring (bicyclic) bond motifs is 1. The minimum absolute atomic E-state index is 0.0892. The van der Waals surface area contributed by atoms with E-state index in [1.807, 2.05) is 0 Å². The summed E-state index contributed by atoms with van der Waals surface area (Å²) in [5.41, 5.74) is -0.564. The van der Waals surface area contributed by atoms with Crippen LogP contribution in [0, 0.1) is 5.82 Å². The molecule has 1 aromatic rings. The van der Waals surface area contributed by atoms with Gasteiger partial charge in [-0.15, -0.1) is 0 Å². The molecule has 17 heavy (non-hydrogen) atoms. The van der Waals surface area contributed by atoms with E-state index in [0.29, 0.717) is 16.5 Å². The molecule has 92 valence electrons. The Bertz CT molecular complexity index is 453. The molecule has 2 saturated heterocycles. The predicted molar refractivity (Wildman–Crippen MR) is 67.2 cm³/mol. The molecule has 2 aliphatic heterocycles. The van der Waals surface area contributed by atoms with Gasteiger partial charge in [0.25, 0.3) is 0 Å². The van der Waals surface area contributed by atoms with E-state index in [-0.39, 0.29) is 11.9 Å². The molecule has 0 spiro atoms. The topological polar surface area (TPSA) is 23.5 Å². The fourth-order valence-electron chi connectivity index (χ4n) is 3.27. The summed E-state index contributed by atoms with van der Waals surface area (Å²) in [6.07, 6.45) is 2.69. The van der Waals surface area contributed by atoms with Gasteiger partial charge < -0.3 is 5.11 Å². The Kier molecular flexibility index (Phi) is 2.76. The van der Waals surface area contributed by atoms with E-state index in [9.17, 15) is 9.50 Å². The van der Waals surface area contributed by atoms with Crippen molar-refractivity contribution < 1.29 is 9.50 Å². The second-order valence-electron chi connectivity index (χ2n) is 4.97. The van der Waals surface area contributed by atoms with Crippen LogP contribution in [-0.2, 0) is 5.60 Å². The number of nitrogens with zero attached hydrogens (tertiary/aromatic N) is 1. The summed E-state index contributed by atoms with van der Waals surface area (Å²) < 4.78 is 14.6. The molecule has 0 radical (unpaired) electrons. The first-order valence-electron chi connectivity index (χ1n) is 6.04. The summed E-state index contributed by atoms with van der Waals surface area (Å²) in [6.45, 7) is 1.90. The molecule has 2 nitrogen and oxygen atoms in total. The zero-order chi connectivity index (χ0) is 12.0. The van der Waals surface area contributed by atoms with E-state index in [0.717, 1.165) is 25.9 Å². The molecule has 1 N–H and O–H groups in total. The van der Waals surface area contributed by atoms with Gasteiger partial charge in [0.2, 0.25) is 0 Å². The lowest BCUT2D eigenvalue weighted by molar-refractivity contribution is 0.00611. The average molecular weight is 300 g/mol. The first kappa shape index (κ1) is 11.6. The largest absolute Gasteiger partial charge is 0.383 e. The molecular weight excluding hydrogens is 285 g/mol. The van der Waals surface area contributed by atoms with Crippen molar-refractivity contribution in [1.82, 2.24) is 4.90 Å². The SMILES string of the molecule is OC1(c2cccc(Br)c2F)CCN2CCCC21. The lowest BCUT2D eigenvalue weighted by Crippen LogP contribution is -2.39. The lowest BCUT2D eigenvalue weighted by atomic mass is 9.85. The molecule has 2 aliphatic rings. The summed E-state index contributed by atoms with van der Waals surface area (Å²) in [5.74, 6) is -0.316. The van der Waals surface area contributed by atoms with Crippen LogP contribution < -0.4 is 0 Å². The Morgan fingerprint density at radius 1 is 1.41 bits per heavy atom. The van der Waals surface area contributed by atoms with Crippen molar-refractivity contribution in [2.45, 2.75) is 30.9 Å². The third-order valence-electron chi connectivity index (χ3n) is 4.11. The fourth-order valence-corrected chi connectivity index (χ4v) is 3.63. The molecule has 0 amide bonds. The van der Waals surface area contributed by atoms with Crippen molar-refractivity contribution in [3.63, 3.8) is 0 Å². The molecule has 2 atom stereocenters. The highest BCUT2D eigenvalue weighted by molar-refractivity contribution is 9.10. The van der Waals surface area contributed by atoms with Crippen molar-refractivity contribution in [3.8, 4) is 0 Å². The number of benzene rings is 1. The highest BCUT2D eigenvalue weighted by Crippen LogP contribution is 2.44. The zero-order valence-electron chi connectivity index (χ0n) is 9.50. The Balaban J connectivity index is 2.05. The maximum Gasteiger partial charge on any atom is 0.143 e. The molecule has 0 aliphatic carbocycles. The van der Waals surface area contributed by atoms with Gasteiger partial charge in [-0.25, -0.2) is 4.39 Å². The van der Waals surface area contributed by atoms with E-state index in [1.165, 1.54) is 0 Å². The van der Waals surface area contributed by atoms with Crippen LogP contribution >= 0.6 is 15.9 Å². The van der Waals surface area contributed by atoms with Crippen LogP contribution in [0.4, 0.5) is 4.39 Å². The monoisotopic (exact) mass is 299 g/mol. The summed E-state index contributed by atoms with van der Waals surface area (Å²) in [5, 5.41) is 10.8. The van der Waals surface area contributed by atoms with Gasteiger partial charge in [0.15, 0.2) is 0 Å². The van der Waals surface area contributed by atoms with E-state index < -0.39 is 5.60 Å². The summed E-state index contributed by atoms with van der Waals surface area (Å²) in [7, 11) is 0. The second kappa shape index (κ2) is 4.04. The van der Waals surface area contributed by atoms with Crippen LogP contribution in [0.15, 0.2) is 22.7 Å². The third kappa shape index (κ3) is 1.65. The van der Waals surface area contributed by atoms with Gasteiger partial charge in [-0.1, -0.05) is 12.1 Å². The van der Waals surface area contributed by atoms with Gasteiger partial charge in [-0.2, -0.15) is 0 Å². The molecule has 2 heterocycles. The molecule has 3 rings (SSSR count). The molecular formula is C13H15BrFNO. The van der Waals surface area contributed by atoms with Crippen LogP contribution in [0.25, 0.3) is 0 Å². The number of hydrogen-bond acceptors (Lipinski definition) is 2. The summed E-state index contributed by atoms with van der Waals surface area (Å²) >= 11 is 3.19. The molecule has 4 heteroatoms. The van der Waals surface area contributed by atoms with Gasteiger partial charge >= 0.3 is 0 Å². The molecule has 0 bridgehead atoms. The summed E-state index contributed by atoms with van der Waals surface area (Å²) in [6, 6.07) is 5.26. The molecule has 2 fully saturated rings. The molecule has 2 unspecified atom stereocenters. The van der Waals surface area contributed by atoms with Crippen LogP contribution in [0.1, 0.15) is 24.8 Å². The maximum absolute atomic E-state index is 14.1. The minimum atomic E-state index is -1.01. The number of aliphatic hydroxyl groups is 1. The van der Waals surface area contributed by atoms with Crippen molar-refractivity contribution >= 4 is 15.9 Å². The Labute approximate surface area is 109 Å². The standard InChI is InChI=1S/C13H15BrFNO/c14-10-4-1-3-9(12(10)15)13(17)6-8-16-7-2-5-11(13)16/h1,3-4,11,17H,2,5-8H2. The fraction of sp³-hybridized carbons (Fsp3) is 0.538. The van der Waals surface area contributed by atoms with E-state index in [2.05, 4.69) is 20.8 Å². The van der Waals surface area contributed by atoms with Crippen molar-refractivity contribution in [1.29, 1.82) is 0 Å². The Morgan fingerprint density at radius 3 is 3.06 bits per heavy atom. The normalized spacial score (nSPS) is 33.0. The van der Waals surface area contributed by atoms with Crippen molar-refractivity contribution in [2.24, 2.45) is 0 Å². The Morgan fingerprint density at radius 2 is 2.24 bits per heavy atom. The molecule has 1 aromatic carbocycles. The highest BCUT2D eigenvalue weighted by atomic mass is 79.9. The van der Waals surface area contributed by atoms with Crippen LogP contribution in [-0.4, -0.2) is 29.1 Å². The van der Waals surface area contributed by atoms with Crippen LogP contribution in [0.2, 0.25) is 0 Å². The molecule has 0 saturated carbocycles. The van der Waals surface area contributed by atoms with Gasteiger partial charge in [0, 0.05) is 18.2 Å². The van der Waals surface area contributed by atoms with Gasteiger partial charge in [-0.3, -0.25) is 4.90 Å². The van der Waals surface area contributed by atoms with Crippen LogP contribution in [0.5, 0.6) is 0 Å². The van der Waals surface area contributed by atoms with Crippen molar-refractivity contribution in [3.05, 3.63) is 34.1 Å². The first-order chi connectivity index (χ1) is 8.13. The maximum atomic E-state index is 14.1. The lowest BCUT2D eigenvalue weighted by Gasteiger charge is -2.30. The minimum Gasteiger partial charge on any atom is -0.383 e. The number of rotatable bonds is 1. The average Bonchev–Trinajstić information content (AvgIpc) is 2.88. The predicted octanol–water partition coefficient (Wildman–Crippen LogP) is 2.64. The van der Waals surface area contributed by atoms with E-state index in [4.69, 9.17) is 0 Å². The van der Waals surface area contributed by atoms with E-state index >= 15 is 0 Å². The van der Waals surface area contributed by atoms with Gasteiger partial charge in [0.05, 0.1) is 4.47 Å². The van der Waals surface area contributed by atoms with Crippen LogP contribution in [0.3, 0.4) is 0 Å². The number of halogens is 2. The second-order valence-corrected chi connectivity index (χ2v) is 5.82. The first-order valence-corrected chi connectivity index (χ1v) is 6.83.